The topological polar surface area (TPSA) is 39.7 Å². The van der Waals surface area contributed by atoms with E-state index in [1.165, 1.54) is 0 Å². The van der Waals surface area contributed by atoms with Crippen molar-refractivity contribution >= 4 is 0 Å². The van der Waals surface area contributed by atoms with Crippen LogP contribution < -0.4 is 5.48 Å². The Balaban J connectivity index is 1.87. The molecule has 2 bridgehead atoms. The summed E-state index contributed by atoms with van der Waals surface area (Å²) in [5, 5.41) is 0. The van der Waals surface area contributed by atoms with Crippen molar-refractivity contribution in [2.24, 2.45) is 0 Å². The molecule has 3 aliphatic rings. The molecule has 4 unspecified atom stereocenters. The first-order valence-corrected chi connectivity index (χ1v) is 4.42. The van der Waals surface area contributed by atoms with Crippen LogP contribution in [0.25, 0.3) is 0 Å². The second kappa shape index (κ2) is 2.01. The van der Waals surface area contributed by atoms with Crippen LogP contribution in [-0.4, -0.2) is 30.1 Å². The summed E-state index contributed by atoms with van der Waals surface area (Å²) >= 11 is 0. The predicted molar refractivity (Wildman–Crippen MR) is 40.2 cm³/mol. The Labute approximate surface area is 71.1 Å². The fourth-order valence-electron chi connectivity index (χ4n) is 2.34. The normalized spacial score (nSPS) is 54.5. The maximum atomic E-state index is 5.74. The minimum atomic E-state index is -0.429. The van der Waals surface area contributed by atoms with Gasteiger partial charge >= 0.3 is 0 Å². The Hall–Kier alpha value is -0.160. The minimum Gasteiger partial charge on any atom is -0.343 e. The van der Waals surface area contributed by atoms with E-state index in [0.717, 1.165) is 6.42 Å². The first-order chi connectivity index (χ1) is 5.66. The lowest BCUT2D eigenvalue weighted by Gasteiger charge is -2.21. The average molecular weight is 171 g/mol. The van der Waals surface area contributed by atoms with Crippen molar-refractivity contribution in [1.29, 1.82) is 0 Å². The minimum absolute atomic E-state index is 0.145. The molecular formula is C8H13NO3. The lowest BCUT2D eigenvalue weighted by molar-refractivity contribution is -0.157. The molecule has 2 heterocycles. The Morgan fingerprint density at radius 1 is 1.25 bits per heavy atom. The molecule has 3 rings (SSSR count). The molecule has 3 fully saturated rings. The van der Waals surface area contributed by atoms with Gasteiger partial charge in [0, 0.05) is 0 Å². The highest BCUT2D eigenvalue weighted by atomic mass is 16.8. The number of rotatable bonds is 0. The van der Waals surface area contributed by atoms with E-state index < -0.39 is 5.79 Å². The first kappa shape index (κ1) is 7.26. The van der Waals surface area contributed by atoms with E-state index >= 15 is 0 Å². The molecule has 0 amide bonds. The van der Waals surface area contributed by atoms with Gasteiger partial charge in [-0.05, 0) is 20.3 Å². The van der Waals surface area contributed by atoms with Gasteiger partial charge in [0.15, 0.2) is 5.79 Å². The summed E-state index contributed by atoms with van der Waals surface area (Å²) in [4.78, 5) is 5.30. The Morgan fingerprint density at radius 2 is 2.00 bits per heavy atom. The molecule has 4 heteroatoms. The van der Waals surface area contributed by atoms with Gasteiger partial charge in [0.2, 0.25) is 0 Å². The maximum absolute atomic E-state index is 5.74. The number of hydroxylamine groups is 1. The van der Waals surface area contributed by atoms with E-state index in [0.29, 0.717) is 6.04 Å². The van der Waals surface area contributed by atoms with Crippen LogP contribution >= 0.6 is 0 Å². The zero-order chi connectivity index (χ0) is 8.34. The molecule has 2 aliphatic heterocycles. The lowest BCUT2D eigenvalue weighted by atomic mass is 10.2. The molecule has 68 valence electrons. The van der Waals surface area contributed by atoms with Crippen LogP contribution in [0, 0.1) is 0 Å². The maximum Gasteiger partial charge on any atom is 0.163 e. The van der Waals surface area contributed by atoms with E-state index in [-0.39, 0.29) is 18.3 Å². The zero-order valence-electron chi connectivity index (χ0n) is 7.24. The van der Waals surface area contributed by atoms with Gasteiger partial charge in [-0.1, -0.05) is 0 Å². The molecule has 12 heavy (non-hydrogen) atoms. The van der Waals surface area contributed by atoms with Crippen molar-refractivity contribution in [3.8, 4) is 0 Å². The van der Waals surface area contributed by atoms with Gasteiger partial charge in [-0.2, -0.15) is 5.48 Å². The fourth-order valence-corrected chi connectivity index (χ4v) is 2.34. The van der Waals surface area contributed by atoms with Gasteiger partial charge < -0.3 is 9.47 Å². The third kappa shape index (κ3) is 0.808. The van der Waals surface area contributed by atoms with Crippen LogP contribution in [0.1, 0.15) is 20.3 Å². The summed E-state index contributed by atoms with van der Waals surface area (Å²) in [6.45, 7) is 3.90. The smallest absolute Gasteiger partial charge is 0.163 e. The highest BCUT2D eigenvalue weighted by Crippen LogP contribution is 2.42. The van der Waals surface area contributed by atoms with E-state index in [2.05, 4.69) is 5.48 Å². The van der Waals surface area contributed by atoms with Crippen molar-refractivity contribution in [2.75, 3.05) is 0 Å². The Morgan fingerprint density at radius 3 is 2.75 bits per heavy atom. The summed E-state index contributed by atoms with van der Waals surface area (Å²) in [5.74, 6) is -0.429. The molecule has 0 radical (unpaired) electrons. The number of hydrogen-bond donors (Lipinski definition) is 1. The third-order valence-corrected chi connectivity index (χ3v) is 2.78. The number of ether oxygens (including phenoxy) is 2. The van der Waals surface area contributed by atoms with Gasteiger partial charge in [0.25, 0.3) is 0 Å². The van der Waals surface area contributed by atoms with Crippen LogP contribution in [0.4, 0.5) is 0 Å². The summed E-state index contributed by atoms with van der Waals surface area (Å²) in [5.41, 5.74) is 2.96. The van der Waals surface area contributed by atoms with Crippen LogP contribution in [0.3, 0.4) is 0 Å². The molecule has 2 saturated heterocycles. The molecule has 0 aromatic heterocycles. The standard InChI is InChI=1S/C8H13NO3/c1-8(2)10-6-4-3-5(12-9-4)7(6)11-8/h4-7,9H,3H2,1-2H3. The van der Waals surface area contributed by atoms with E-state index in [9.17, 15) is 0 Å². The Kier molecular flexibility index (Phi) is 1.22. The summed E-state index contributed by atoms with van der Waals surface area (Å²) in [7, 11) is 0. The average Bonchev–Trinajstić information content (AvgIpc) is 2.54. The number of fused-ring (bicyclic) bond motifs is 5. The van der Waals surface area contributed by atoms with Crippen LogP contribution in [0.5, 0.6) is 0 Å². The van der Waals surface area contributed by atoms with Gasteiger partial charge in [0.1, 0.15) is 18.3 Å². The highest BCUT2D eigenvalue weighted by molar-refractivity contribution is 5.04. The highest BCUT2D eigenvalue weighted by Gasteiger charge is 2.58. The zero-order valence-corrected chi connectivity index (χ0v) is 7.24. The summed E-state index contributed by atoms with van der Waals surface area (Å²) < 4.78 is 11.5. The molecule has 4 atom stereocenters. The second-order valence-corrected chi connectivity index (χ2v) is 4.18. The molecular weight excluding hydrogens is 158 g/mol. The van der Waals surface area contributed by atoms with E-state index in [1.807, 2.05) is 13.8 Å². The summed E-state index contributed by atoms with van der Waals surface area (Å²) in [6, 6.07) is 0.335. The van der Waals surface area contributed by atoms with Crippen LogP contribution in [0.2, 0.25) is 0 Å². The molecule has 1 saturated carbocycles. The van der Waals surface area contributed by atoms with E-state index in [1.54, 1.807) is 0 Å². The predicted octanol–water partition coefficient (Wildman–Crippen LogP) is 0.182. The SMILES string of the molecule is CC1(C)OC2C3CC(ON3)C2O1. The first-order valence-electron chi connectivity index (χ1n) is 4.42. The van der Waals surface area contributed by atoms with E-state index in [4.69, 9.17) is 14.3 Å². The molecule has 0 spiro atoms. The monoisotopic (exact) mass is 171 g/mol. The number of nitrogens with one attached hydrogen (secondary N) is 1. The molecule has 0 aromatic rings. The lowest BCUT2D eigenvalue weighted by Crippen LogP contribution is -2.44. The summed E-state index contributed by atoms with van der Waals surface area (Å²) in [6.07, 6.45) is 1.55. The third-order valence-electron chi connectivity index (χ3n) is 2.78. The van der Waals surface area contributed by atoms with Gasteiger partial charge in [-0.3, -0.25) is 4.84 Å². The quantitative estimate of drug-likeness (QED) is 0.564. The van der Waals surface area contributed by atoms with Crippen molar-refractivity contribution in [1.82, 2.24) is 5.48 Å². The second-order valence-electron chi connectivity index (χ2n) is 4.18. The Bertz CT molecular complexity index is 198. The van der Waals surface area contributed by atoms with Crippen LogP contribution in [0.15, 0.2) is 0 Å². The number of hydrogen-bond acceptors (Lipinski definition) is 4. The van der Waals surface area contributed by atoms with Crippen LogP contribution in [-0.2, 0) is 14.3 Å². The molecule has 1 N–H and O–H groups in total. The molecule has 4 nitrogen and oxygen atoms in total. The van der Waals surface area contributed by atoms with Crippen molar-refractivity contribution in [3.05, 3.63) is 0 Å². The largest absolute Gasteiger partial charge is 0.343 e. The molecule has 0 aromatic carbocycles. The van der Waals surface area contributed by atoms with Crippen molar-refractivity contribution in [2.45, 2.75) is 50.4 Å². The van der Waals surface area contributed by atoms with Crippen molar-refractivity contribution in [3.63, 3.8) is 0 Å². The van der Waals surface area contributed by atoms with Gasteiger partial charge in [0.05, 0.1) is 6.04 Å². The van der Waals surface area contributed by atoms with Crippen molar-refractivity contribution < 1.29 is 14.3 Å². The fraction of sp³-hybridized carbons (Fsp3) is 1.00. The van der Waals surface area contributed by atoms with Gasteiger partial charge in [-0.15, -0.1) is 0 Å². The van der Waals surface area contributed by atoms with Gasteiger partial charge in [-0.25, -0.2) is 0 Å². The molecule has 1 aliphatic carbocycles.